The number of urea groups is 1. The Hall–Kier alpha value is -1.64. The summed E-state index contributed by atoms with van der Waals surface area (Å²) in [6, 6.07) is 7.64. The number of piperazine rings is 1. The summed E-state index contributed by atoms with van der Waals surface area (Å²) in [7, 11) is -3.49. The van der Waals surface area contributed by atoms with Gasteiger partial charge in [0.1, 0.15) is 0 Å². The molecule has 0 bridgehead atoms. The fourth-order valence-electron chi connectivity index (χ4n) is 4.13. The molecule has 0 radical (unpaired) electrons. The van der Waals surface area contributed by atoms with Gasteiger partial charge in [-0.05, 0) is 50.8 Å². The number of likely N-dealkylation sites (tertiary alicyclic amines) is 1. The van der Waals surface area contributed by atoms with Crippen molar-refractivity contribution in [1.29, 1.82) is 0 Å². The number of nitrogens with one attached hydrogen (secondary N) is 1. The molecule has 0 aromatic heterocycles. The molecular formula is C20H30N4O3S. The zero-order valence-electron chi connectivity index (χ0n) is 16.5. The molecule has 1 aromatic rings. The highest BCUT2D eigenvalue weighted by atomic mass is 32.2. The van der Waals surface area contributed by atoms with Crippen LogP contribution in [0.25, 0.3) is 0 Å². The minimum absolute atomic E-state index is 0.0720. The van der Waals surface area contributed by atoms with Crippen molar-refractivity contribution in [3.8, 4) is 0 Å². The molecule has 0 spiro atoms. The molecule has 1 saturated carbocycles. The van der Waals surface area contributed by atoms with E-state index in [9.17, 15) is 13.2 Å². The van der Waals surface area contributed by atoms with Crippen LogP contribution in [0.1, 0.15) is 24.8 Å². The molecule has 1 atom stereocenters. The van der Waals surface area contributed by atoms with Gasteiger partial charge >= 0.3 is 6.03 Å². The summed E-state index contributed by atoms with van der Waals surface area (Å²) >= 11 is 0. The largest absolute Gasteiger partial charge is 0.338 e. The normalized spacial score (nSPS) is 24.5. The molecular weight excluding hydrogens is 376 g/mol. The van der Waals surface area contributed by atoms with Crippen LogP contribution in [0, 0.1) is 12.8 Å². The third-order valence-electron chi connectivity index (χ3n) is 6.11. The van der Waals surface area contributed by atoms with Gasteiger partial charge in [-0.3, -0.25) is 0 Å². The molecule has 1 aromatic carbocycles. The Morgan fingerprint density at radius 3 is 2.36 bits per heavy atom. The van der Waals surface area contributed by atoms with Crippen LogP contribution in [-0.2, 0) is 10.0 Å². The van der Waals surface area contributed by atoms with E-state index < -0.39 is 10.0 Å². The van der Waals surface area contributed by atoms with Crippen molar-refractivity contribution in [3.05, 3.63) is 29.8 Å². The summed E-state index contributed by atoms with van der Waals surface area (Å²) in [4.78, 5) is 17.1. The minimum atomic E-state index is -3.49. The average Bonchev–Trinajstić information content (AvgIpc) is 3.45. The molecule has 3 fully saturated rings. The van der Waals surface area contributed by atoms with Gasteiger partial charge < -0.3 is 15.1 Å². The van der Waals surface area contributed by atoms with E-state index in [-0.39, 0.29) is 6.03 Å². The van der Waals surface area contributed by atoms with Gasteiger partial charge in [0.05, 0.1) is 4.90 Å². The third kappa shape index (κ3) is 4.34. The maximum Gasteiger partial charge on any atom is 0.317 e. The number of carbonyl (C=O) groups is 1. The Kier molecular flexibility index (Phi) is 5.62. The molecule has 1 N–H and O–H groups in total. The summed E-state index contributed by atoms with van der Waals surface area (Å²) in [5, 5.41) is 3.06. The van der Waals surface area contributed by atoms with Crippen molar-refractivity contribution in [1.82, 2.24) is 19.4 Å². The zero-order chi connectivity index (χ0) is 19.7. The van der Waals surface area contributed by atoms with E-state index in [1.165, 1.54) is 17.1 Å². The molecule has 1 unspecified atom stereocenters. The summed E-state index contributed by atoms with van der Waals surface area (Å²) in [5.41, 5.74) is 1.03. The Morgan fingerprint density at radius 1 is 1.04 bits per heavy atom. The van der Waals surface area contributed by atoms with Crippen LogP contribution in [0.3, 0.4) is 0 Å². The first kappa shape index (κ1) is 19.7. The van der Waals surface area contributed by atoms with Crippen molar-refractivity contribution >= 4 is 16.1 Å². The van der Waals surface area contributed by atoms with Crippen LogP contribution in [-0.4, -0.2) is 80.4 Å². The van der Waals surface area contributed by atoms with Gasteiger partial charge in [-0.25, -0.2) is 13.2 Å². The molecule has 154 valence electrons. The quantitative estimate of drug-likeness (QED) is 0.804. The van der Waals surface area contributed by atoms with Gasteiger partial charge in [0.15, 0.2) is 0 Å². The van der Waals surface area contributed by atoms with Crippen molar-refractivity contribution < 1.29 is 13.2 Å². The predicted molar refractivity (Wildman–Crippen MR) is 108 cm³/mol. The second-order valence-corrected chi connectivity index (χ2v) is 10.2. The van der Waals surface area contributed by atoms with E-state index in [1.807, 2.05) is 19.1 Å². The van der Waals surface area contributed by atoms with Gasteiger partial charge in [-0.1, -0.05) is 17.7 Å². The highest BCUT2D eigenvalue weighted by Crippen LogP contribution is 2.31. The van der Waals surface area contributed by atoms with E-state index in [1.54, 1.807) is 17.0 Å². The van der Waals surface area contributed by atoms with E-state index in [4.69, 9.17) is 0 Å². The highest BCUT2D eigenvalue weighted by molar-refractivity contribution is 7.89. The van der Waals surface area contributed by atoms with Crippen molar-refractivity contribution in [2.45, 2.75) is 37.1 Å². The molecule has 4 rings (SSSR count). The zero-order valence-corrected chi connectivity index (χ0v) is 17.3. The number of aryl methyl sites for hydroxylation is 1. The van der Waals surface area contributed by atoms with Crippen molar-refractivity contribution in [2.24, 2.45) is 5.92 Å². The number of nitrogens with zero attached hydrogens (tertiary/aromatic N) is 3. The number of rotatable bonds is 5. The molecule has 2 heterocycles. The van der Waals surface area contributed by atoms with Crippen LogP contribution in [0.5, 0.6) is 0 Å². The van der Waals surface area contributed by atoms with Crippen LogP contribution in [0.4, 0.5) is 4.79 Å². The first-order chi connectivity index (χ1) is 13.4. The molecule has 2 aliphatic heterocycles. The Bertz CT molecular complexity index is 799. The lowest BCUT2D eigenvalue weighted by atomic mass is 10.1. The Balaban J connectivity index is 1.24. The number of benzene rings is 1. The topological polar surface area (TPSA) is 73.0 Å². The average molecular weight is 407 g/mol. The lowest BCUT2D eigenvalue weighted by Gasteiger charge is -2.34. The molecule has 7 nitrogen and oxygen atoms in total. The number of carbonyl (C=O) groups excluding carboxylic acids is 1. The summed E-state index contributed by atoms with van der Waals surface area (Å²) in [5.74, 6) is 0.535. The standard InChI is InChI=1S/C20H30N4O3S/c1-16-2-6-19(7-3-16)28(26,27)24-12-10-22(11-13-24)20(25)21-14-17-8-9-23(15-17)18-4-5-18/h2-3,6-7,17-18H,4-5,8-15H2,1H3,(H,21,25). The van der Waals surface area contributed by atoms with Crippen LogP contribution in [0.15, 0.2) is 29.2 Å². The molecule has 28 heavy (non-hydrogen) atoms. The smallest absolute Gasteiger partial charge is 0.317 e. The lowest BCUT2D eigenvalue weighted by molar-refractivity contribution is 0.171. The number of hydrogen-bond donors (Lipinski definition) is 1. The molecule has 3 aliphatic rings. The van der Waals surface area contributed by atoms with Crippen LogP contribution >= 0.6 is 0 Å². The maximum absolute atomic E-state index is 12.8. The van der Waals surface area contributed by atoms with E-state index in [0.29, 0.717) is 43.5 Å². The summed E-state index contributed by atoms with van der Waals surface area (Å²) in [6.07, 6.45) is 3.81. The molecule has 1 aliphatic carbocycles. The predicted octanol–water partition coefficient (Wildman–Crippen LogP) is 1.50. The Labute approximate surface area is 167 Å². The first-order valence-electron chi connectivity index (χ1n) is 10.3. The van der Waals surface area contributed by atoms with Crippen molar-refractivity contribution in [2.75, 3.05) is 45.8 Å². The first-order valence-corrected chi connectivity index (χ1v) is 11.7. The van der Waals surface area contributed by atoms with Gasteiger partial charge in [0.25, 0.3) is 0 Å². The number of amides is 2. The second-order valence-electron chi connectivity index (χ2n) is 8.27. The second kappa shape index (κ2) is 8.00. The van der Waals surface area contributed by atoms with Crippen molar-refractivity contribution in [3.63, 3.8) is 0 Å². The molecule has 8 heteroatoms. The molecule has 2 amide bonds. The minimum Gasteiger partial charge on any atom is -0.338 e. The highest BCUT2D eigenvalue weighted by Gasteiger charge is 2.35. The van der Waals surface area contributed by atoms with Gasteiger partial charge in [0.2, 0.25) is 10.0 Å². The Morgan fingerprint density at radius 2 is 1.71 bits per heavy atom. The van der Waals surface area contributed by atoms with E-state index in [0.717, 1.165) is 31.1 Å². The van der Waals surface area contributed by atoms with Gasteiger partial charge in [-0.2, -0.15) is 4.31 Å². The SMILES string of the molecule is Cc1ccc(S(=O)(=O)N2CCN(C(=O)NCC3CCN(C4CC4)C3)CC2)cc1. The van der Waals surface area contributed by atoms with Gasteiger partial charge in [-0.15, -0.1) is 0 Å². The van der Waals surface area contributed by atoms with Crippen LogP contribution in [0.2, 0.25) is 0 Å². The monoisotopic (exact) mass is 406 g/mol. The third-order valence-corrected chi connectivity index (χ3v) is 8.02. The van der Waals surface area contributed by atoms with E-state index >= 15 is 0 Å². The maximum atomic E-state index is 12.8. The summed E-state index contributed by atoms with van der Waals surface area (Å²) < 4.78 is 27.0. The molecule has 2 saturated heterocycles. The van der Waals surface area contributed by atoms with Crippen LogP contribution < -0.4 is 5.32 Å². The lowest BCUT2D eigenvalue weighted by Crippen LogP contribution is -2.53. The number of hydrogen-bond acceptors (Lipinski definition) is 4. The fraction of sp³-hybridized carbons (Fsp3) is 0.650. The van der Waals surface area contributed by atoms with Gasteiger partial charge in [0, 0.05) is 45.3 Å². The summed E-state index contributed by atoms with van der Waals surface area (Å²) in [6.45, 7) is 6.41. The number of sulfonamides is 1. The fourth-order valence-corrected chi connectivity index (χ4v) is 5.56. The van der Waals surface area contributed by atoms with E-state index in [2.05, 4.69) is 10.2 Å².